The fourth-order valence-electron chi connectivity index (χ4n) is 3.34. The third-order valence-corrected chi connectivity index (χ3v) is 4.89. The van der Waals surface area contributed by atoms with Crippen LogP contribution in [-0.4, -0.2) is 40.1 Å². The van der Waals surface area contributed by atoms with Gasteiger partial charge in [-0.1, -0.05) is 18.2 Å². The zero-order chi connectivity index (χ0) is 21.8. The third kappa shape index (κ3) is 4.06. The van der Waals surface area contributed by atoms with Crippen molar-refractivity contribution in [3.63, 3.8) is 0 Å². The molecule has 1 amide bonds. The summed E-state index contributed by atoms with van der Waals surface area (Å²) in [6.07, 6.45) is 6.56. The molecular formula is C24H19N5O3. The number of nitrogens with one attached hydrogen (secondary N) is 1. The van der Waals surface area contributed by atoms with Crippen molar-refractivity contribution in [3.05, 3.63) is 90.4 Å². The maximum Gasteiger partial charge on any atom is 0.271 e. The van der Waals surface area contributed by atoms with E-state index in [1.807, 2.05) is 54.7 Å². The van der Waals surface area contributed by atoms with Crippen LogP contribution in [0.1, 0.15) is 15.9 Å². The van der Waals surface area contributed by atoms with E-state index >= 15 is 0 Å². The van der Waals surface area contributed by atoms with E-state index in [1.165, 1.54) is 0 Å². The van der Waals surface area contributed by atoms with Crippen molar-refractivity contribution in [2.75, 3.05) is 13.2 Å². The van der Waals surface area contributed by atoms with Crippen molar-refractivity contribution in [1.29, 1.82) is 0 Å². The van der Waals surface area contributed by atoms with Gasteiger partial charge in [0.15, 0.2) is 11.5 Å². The number of ether oxygens (including phenoxy) is 2. The molecule has 0 fully saturated rings. The molecule has 32 heavy (non-hydrogen) atoms. The zero-order valence-electron chi connectivity index (χ0n) is 17.0. The Hall–Kier alpha value is -4.46. The van der Waals surface area contributed by atoms with E-state index in [-0.39, 0.29) is 5.91 Å². The van der Waals surface area contributed by atoms with E-state index in [0.29, 0.717) is 36.0 Å². The minimum Gasteiger partial charge on any atom is -0.486 e. The predicted molar refractivity (Wildman–Crippen MR) is 119 cm³/mol. The lowest BCUT2D eigenvalue weighted by Crippen LogP contribution is -2.17. The van der Waals surface area contributed by atoms with Crippen molar-refractivity contribution < 1.29 is 14.3 Å². The lowest BCUT2D eigenvalue weighted by atomic mass is 10.1. The van der Waals surface area contributed by atoms with Crippen molar-refractivity contribution in [2.45, 2.75) is 0 Å². The highest BCUT2D eigenvalue weighted by Crippen LogP contribution is 2.35. The molecule has 0 spiro atoms. The summed E-state index contributed by atoms with van der Waals surface area (Å²) in [5.41, 5.74) is 6.22. The lowest BCUT2D eigenvalue weighted by molar-refractivity contribution is 0.0955. The second-order valence-electron chi connectivity index (χ2n) is 7.01. The average molecular weight is 425 g/mol. The Labute approximate surface area is 184 Å². The van der Waals surface area contributed by atoms with Crippen LogP contribution in [0.5, 0.6) is 11.5 Å². The van der Waals surface area contributed by atoms with Gasteiger partial charge in [0.25, 0.3) is 5.91 Å². The Morgan fingerprint density at radius 3 is 2.59 bits per heavy atom. The summed E-state index contributed by atoms with van der Waals surface area (Å²) in [5, 5.41) is 8.91. The summed E-state index contributed by atoms with van der Waals surface area (Å²) in [6, 6.07) is 18.7. The van der Waals surface area contributed by atoms with Gasteiger partial charge in [0.1, 0.15) is 18.9 Å². The van der Waals surface area contributed by atoms with Gasteiger partial charge in [-0.05, 0) is 42.5 Å². The van der Waals surface area contributed by atoms with Crippen LogP contribution in [0.4, 0.5) is 0 Å². The number of pyridine rings is 1. The number of carbonyl (C=O) groups is 1. The summed E-state index contributed by atoms with van der Waals surface area (Å²) in [7, 11) is 0. The van der Waals surface area contributed by atoms with Gasteiger partial charge in [0.05, 0.1) is 11.9 Å². The lowest BCUT2D eigenvalue weighted by Gasteiger charge is -2.18. The molecule has 0 atom stereocenters. The highest BCUT2D eigenvalue weighted by atomic mass is 16.6. The molecule has 1 aliphatic rings. The molecule has 8 heteroatoms. The van der Waals surface area contributed by atoms with Crippen molar-refractivity contribution >= 4 is 12.1 Å². The Kier molecular flexibility index (Phi) is 5.32. The number of carbonyl (C=O) groups excluding carboxylic acids is 1. The number of hydrogen-bond donors (Lipinski definition) is 1. The van der Waals surface area contributed by atoms with Gasteiger partial charge < -0.3 is 9.47 Å². The highest BCUT2D eigenvalue weighted by Gasteiger charge is 2.16. The van der Waals surface area contributed by atoms with Crippen LogP contribution >= 0.6 is 0 Å². The summed E-state index contributed by atoms with van der Waals surface area (Å²) < 4.78 is 13.1. The van der Waals surface area contributed by atoms with Crippen LogP contribution in [0.3, 0.4) is 0 Å². The number of hydrazone groups is 1. The van der Waals surface area contributed by atoms with E-state index in [4.69, 9.17) is 14.6 Å². The number of fused-ring (bicyclic) bond motifs is 1. The number of rotatable bonds is 5. The van der Waals surface area contributed by atoms with Crippen LogP contribution in [-0.2, 0) is 0 Å². The molecule has 8 nitrogen and oxygen atoms in total. The van der Waals surface area contributed by atoms with Gasteiger partial charge in [-0.25, -0.2) is 10.1 Å². The van der Waals surface area contributed by atoms with E-state index in [0.717, 1.165) is 16.8 Å². The topological polar surface area (TPSA) is 90.6 Å². The van der Waals surface area contributed by atoms with Gasteiger partial charge in [0.2, 0.25) is 0 Å². The van der Waals surface area contributed by atoms with E-state index in [2.05, 4.69) is 15.5 Å². The average Bonchev–Trinajstić information content (AvgIpc) is 3.29. The van der Waals surface area contributed by atoms with Crippen LogP contribution in [0.15, 0.2) is 84.4 Å². The maximum absolute atomic E-state index is 12.3. The number of benzene rings is 2. The molecule has 0 saturated carbocycles. The molecule has 0 saturated heterocycles. The summed E-state index contributed by atoms with van der Waals surface area (Å²) >= 11 is 0. The monoisotopic (exact) mass is 425 g/mol. The van der Waals surface area contributed by atoms with Crippen molar-refractivity contribution in [3.8, 4) is 28.4 Å². The molecule has 4 aromatic rings. The van der Waals surface area contributed by atoms with E-state index in [9.17, 15) is 4.79 Å². The molecule has 0 unspecified atom stereocenters. The molecule has 5 rings (SSSR count). The van der Waals surface area contributed by atoms with Gasteiger partial charge >= 0.3 is 0 Å². The molecule has 0 bridgehead atoms. The summed E-state index contributed by atoms with van der Waals surface area (Å²) in [6.45, 7) is 1.04. The summed E-state index contributed by atoms with van der Waals surface area (Å²) in [5.74, 6) is 1.07. The standard InChI is InChI=1S/C24H19N5O3/c30-24(17-8-10-25-11-9-17)27-26-15-19-16-29(20-4-2-1-3-5-20)28-23(19)18-6-7-21-22(14-18)32-13-12-31-21/h1-11,14-16H,12-13H2,(H,27,30). The quantitative estimate of drug-likeness (QED) is 0.391. The predicted octanol–water partition coefficient (Wildman–Crippen LogP) is 3.47. The molecule has 158 valence electrons. The summed E-state index contributed by atoms with van der Waals surface area (Å²) in [4.78, 5) is 16.2. The first-order valence-corrected chi connectivity index (χ1v) is 10.1. The third-order valence-electron chi connectivity index (χ3n) is 4.89. The molecule has 0 aliphatic carbocycles. The number of amides is 1. The first-order valence-electron chi connectivity index (χ1n) is 10.1. The van der Waals surface area contributed by atoms with Crippen molar-refractivity contribution in [1.82, 2.24) is 20.2 Å². The maximum atomic E-state index is 12.3. The number of para-hydroxylation sites is 1. The minimum absolute atomic E-state index is 0.319. The smallest absolute Gasteiger partial charge is 0.271 e. The van der Waals surface area contributed by atoms with Crippen LogP contribution in [0.2, 0.25) is 0 Å². The molecular weight excluding hydrogens is 406 g/mol. The highest BCUT2D eigenvalue weighted by molar-refractivity contribution is 5.95. The van der Waals surface area contributed by atoms with Gasteiger partial charge in [0, 0.05) is 35.3 Å². The van der Waals surface area contributed by atoms with Gasteiger partial charge in [-0.3, -0.25) is 9.78 Å². The number of nitrogens with zero attached hydrogens (tertiary/aromatic N) is 4. The van der Waals surface area contributed by atoms with E-state index in [1.54, 1.807) is 35.4 Å². The second-order valence-corrected chi connectivity index (χ2v) is 7.01. The first-order chi connectivity index (χ1) is 15.8. The van der Waals surface area contributed by atoms with Crippen LogP contribution < -0.4 is 14.9 Å². The Balaban J connectivity index is 1.48. The van der Waals surface area contributed by atoms with Gasteiger partial charge in [-0.2, -0.15) is 10.2 Å². The largest absolute Gasteiger partial charge is 0.486 e. The fourth-order valence-corrected chi connectivity index (χ4v) is 3.34. The Bertz CT molecular complexity index is 1270. The number of aromatic nitrogens is 3. The fraction of sp³-hybridized carbons (Fsp3) is 0.0833. The molecule has 1 N–H and O–H groups in total. The van der Waals surface area contributed by atoms with Crippen LogP contribution in [0, 0.1) is 0 Å². The molecule has 2 aromatic carbocycles. The molecule has 3 heterocycles. The molecule has 1 aliphatic heterocycles. The van der Waals surface area contributed by atoms with Crippen molar-refractivity contribution in [2.24, 2.45) is 5.10 Å². The molecule has 0 radical (unpaired) electrons. The minimum atomic E-state index is -0.319. The zero-order valence-corrected chi connectivity index (χ0v) is 17.0. The first kappa shape index (κ1) is 19.5. The van der Waals surface area contributed by atoms with E-state index < -0.39 is 0 Å². The van der Waals surface area contributed by atoms with Gasteiger partial charge in [-0.15, -0.1) is 0 Å². The second kappa shape index (κ2) is 8.73. The van der Waals surface area contributed by atoms with Crippen LogP contribution in [0.25, 0.3) is 16.9 Å². The Morgan fingerprint density at radius 1 is 1.00 bits per heavy atom. The SMILES string of the molecule is O=C(NN=Cc1cn(-c2ccccc2)nc1-c1ccc2c(c1)OCCO2)c1ccncc1. The normalized spacial score (nSPS) is 12.6. The number of hydrogen-bond acceptors (Lipinski definition) is 6. The Morgan fingerprint density at radius 2 is 1.78 bits per heavy atom. The molecule has 2 aromatic heterocycles.